The molecule has 1 saturated heterocycles. The average molecular weight is 417 g/mol. The molecular formula is C26H28O3Si. The Morgan fingerprint density at radius 2 is 1.40 bits per heavy atom. The molecule has 0 aliphatic carbocycles. The van der Waals surface area contributed by atoms with E-state index >= 15 is 0 Å². The van der Waals surface area contributed by atoms with Gasteiger partial charge in [0.05, 0.1) is 5.60 Å². The number of hydrogen-bond acceptors (Lipinski definition) is 3. The highest BCUT2D eigenvalue weighted by Gasteiger charge is 2.56. The summed E-state index contributed by atoms with van der Waals surface area (Å²) in [6.07, 6.45) is 2.07. The molecule has 30 heavy (non-hydrogen) atoms. The van der Waals surface area contributed by atoms with Crippen molar-refractivity contribution < 1.29 is 14.0 Å². The van der Waals surface area contributed by atoms with Crippen molar-refractivity contribution in [3.05, 3.63) is 91.0 Å². The van der Waals surface area contributed by atoms with Crippen molar-refractivity contribution in [1.82, 2.24) is 0 Å². The van der Waals surface area contributed by atoms with Crippen molar-refractivity contribution in [1.29, 1.82) is 0 Å². The minimum absolute atomic E-state index is 0.185. The van der Waals surface area contributed by atoms with Gasteiger partial charge < -0.3 is 9.16 Å². The maximum Gasteiger partial charge on any atom is 0.311 e. The standard InChI is InChI=1S/C26H28O3Si/c1-26(2)20-24(18-19-25(27)28-21-12-6-3-7-13-21)30(29-26,22-14-8-4-9-15-22)23-16-10-5-11-17-23/h3-17,24H,18-20H2,1-2H3. The molecule has 1 heterocycles. The van der Waals surface area contributed by atoms with Gasteiger partial charge in [-0.3, -0.25) is 4.79 Å². The maximum absolute atomic E-state index is 12.6. The second-order valence-corrected chi connectivity index (χ2v) is 12.2. The molecular weight excluding hydrogens is 388 g/mol. The quantitative estimate of drug-likeness (QED) is 0.332. The summed E-state index contributed by atoms with van der Waals surface area (Å²) in [5, 5.41) is 2.53. The Morgan fingerprint density at radius 3 is 1.93 bits per heavy atom. The first-order chi connectivity index (χ1) is 14.5. The first-order valence-electron chi connectivity index (χ1n) is 10.6. The number of carbonyl (C=O) groups is 1. The minimum atomic E-state index is -2.52. The number of hydrogen-bond donors (Lipinski definition) is 0. The van der Waals surface area contributed by atoms with Crippen LogP contribution in [0.5, 0.6) is 5.75 Å². The van der Waals surface area contributed by atoms with E-state index in [0.717, 1.165) is 12.8 Å². The molecule has 3 aromatic rings. The normalized spacial score (nSPS) is 19.3. The summed E-state index contributed by atoms with van der Waals surface area (Å²) in [6, 6.07) is 30.5. The van der Waals surface area contributed by atoms with Crippen LogP contribution in [-0.4, -0.2) is 19.9 Å². The average Bonchev–Trinajstić information content (AvgIpc) is 3.06. The van der Waals surface area contributed by atoms with Crippen molar-refractivity contribution in [3.63, 3.8) is 0 Å². The number of esters is 1. The van der Waals surface area contributed by atoms with Gasteiger partial charge in [0.25, 0.3) is 8.32 Å². The molecule has 0 radical (unpaired) electrons. The van der Waals surface area contributed by atoms with E-state index in [1.54, 1.807) is 0 Å². The lowest BCUT2D eigenvalue weighted by atomic mass is 10.0. The molecule has 0 aromatic heterocycles. The van der Waals surface area contributed by atoms with E-state index < -0.39 is 8.32 Å². The van der Waals surface area contributed by atoms with Gasteiger partial charge >= 0.3 is 5.97 Å². The Balaban J connectivity index is 1.63. The third kappa shape index (κ3) is 4.25. The van der Waals surface area contributed by atoms with Gasteiger partial charge in [-0.2, -0.15) is 0 Å². The molecule has 4 rings (SSSR count). The Hall–Kier alpha value is -2.69. The SMILES string of the molecule is CC1(C)CC(CCC(=O)Oc2ccccc2)[Si](c2ccccc2)(c2ccccc2)O1. The number of para-hydroxylation sites is 1. The molecule has 1 aliphatic rings. The Labute approximate surface area is 179 Å². The highest BCUT2D eigenvalue weighted by atomic mass is 28.4. The monoisotopic (exact) mass is 416 g/mol. The molecule has 0 saturated carbocycles. The van der Waals surface area contributed by atoms with Gasteiger partial charge in [0, 0.05) is 6.42 Å². The Kier molecular flexibility index (Phi) is 5.89. The maximum atomic E-state index is 12.6. The molecule has 0 spiro atoms. The number of carbonyl (C=O) groups excluding carboxylic acids is 1. The Bertz CT molecular complexity index is 931. The Morgan fingerprint density at radius 1 is 0.900 bits per heavy atom. The number of rotatable bonds is 6. The van der Waals surface area contributed by atoms with Crippen LogP contribution in [0.15, 0.2) is 91.0 Å². The summed E-state index contributed by atoms with van der Waals surface area (Å²) in [7, 11) is -2.52. The van der Waals surface area contributed by atoms with Gasteiger partial charge in [-0.15, -0.1) is 0 Å². The van der Waals surface area contributed by atoms with Crippen LogP contribution in [-0.2, 0) is 9.22 Å². The van der Waals surface area contributed by atoms with Crippen LogP contribution in [0.2, 0.25) is 5.54 Å². The fourth-order valence-corrected chi connectivity index (χ4v) is 10.0. The van der Waals surface area contributed by atoms with Crippen LogP contribution in [0.4, 0.5) is 0 Å². The van der Waals surface area contributed by atoms with E-state index in [9.17, 15) is 4.79 Å². The highest BCUT2D eigenvalue weighted by Crippen LogP contribution is 2.45. The molecule has 3 aromatic carbocycles. The van der Waals surface area contributed by atoms with Crippen LogP contribution < -0.4 is 15.1 Å². The van der Waals surface area contributed by atoms with Gasteiger partial charge in [0.1, 0.15) is 5.75 Å². The fraction of sp³-hybridized carbons (Fsp3) is 0.269. The smallest absolute Gasteiger partial charge is 0.311 e. The van der Waals surface area contributed by atoms with E-state index in [4.69, 9.17) is 9.16 Å². The molecule has 4 heteroatoms. The summed E-state index contributed by atoms with van der Waals surface area (Å²) in [6.45, 7) is 4.34. The number of benzene rings is 3. The lowest BCUT2D eigenvalue weighted by Gasteiger charge is -2.34. The van der Waals surface area contributed by atoms with E-state index in [0.29, 0.717) is 17.7 Å². The number of ether oxygens (including phenoxy) is 1. The summed E-state index contributed by atoms with van der Waals surface area (Å²) < 4.78 is 12.5. The topological polar surface area (TPSA) is 35.5 Å². The first kappa shape index (κ1) is 20.6. The van der Waals surface area contributed by atoms with Crippen LogP contribution in [0.1, 0.15) is 33.1 Å². The van der Waals surface area contributed by atoms with Crippen molar-refractivity contribution >= 4 is 24.7 Å². The second kappa shape index (κ2) is 8.58. The van der Waals surface area contributed by atoms with Crippen molar-refractivity contribution in [2.45, 2.75) is 44.3 Å². The van der Waals surface area contributed by atoms with Crippen LogP contribution in [0.3, 0.4) is 0 Å². The predicted molar refractivity (Wildman–Crippen MR) is 123 cm³/mol. The van der Waals surface area contributed by atoms with Gasteiger partial charge in [-0.05, 0) is 54.7 Å². The summed E-state index contributed by atoms with van der Waals surface area (Å²) in [5.74, 6) is 0.412. The first-order valence-corrected chi connectivity index (χ1v) is 12.6. The summed E-state index contributed by atoms with van der Waals surface area (Å²) in [5.41, 5.74) is 0.0620. The summed E-state index contributed by atoms with van der Waals surface area (Å²) in [4.78, 5) is 12.6. The molecule has 0 amide bonds. The van der Waals surface area contributed by atoms with Crippen molar-refractivity contribution in [2.75, 3.05) is 0 Å². The molecule has 1 fully saturated rings. The third-order valence-corrected chi connectivity index (χ3v) is 10.7. The lowest BCUT2D eigenvalue weighted by molar-refractivity contribution is -0.134. The lowest BCUT2D eigenvalue weighted by Crippen LogP contribution is -2.62. The van der Waals surface area contributed by atoms with E-state index in [1.807, 2.05) is 42.5 Å². The van der Waals surface area contributed by atoms with Crippen LogP contribution in [0, 0.1) is 0 Å². The molecule has 1 atom stereocenters. The molecule has 1 aliphatic heterocycles. The molecule has 1 unspecified atom stereocenters. The molecule has 0 bridgehead atoms. The van der Waals surface area contributed by atoms with Gasteiger partial charge in [0.15, 0.2) is 0 Å². The van der Waals surface area contributed by atoms with Crippen molar-refractivity contribution in [3.8, 4) is 5.75 Å². The molecule has 0 N–H and O–H groups in total. The molecule has 3 nitrogen and oxygen atoms in total. The summed E-state index contributed by atoms with van der Waals surface area (Å²) >= 11 is 0. The van der Waals surface area contributed by atoms with Crippen LogP contribution in [0.25, 0.3) is 0 Å². The largest absolute Gasteiger partial charge is 0.427 e. The van der Waals surface area contributed by atoms with Crippen molar-refractivity contribution in [2.24, 2.45) is 0 Å². The highest BCUT2D eigenvalue weighted by molar-refractivity contribution is 6.99. The minimum Gasteiger partial charge on any atom is -0.427 e. The van der Waals surface area contributed by atoms with E-state index in [-0.39, 0.29) is 11.6 Å². The van der Waals surface area contributed by atoms with E-state index in [1.165, 1.54) is 10.4 Å². The fourth-order valence-electron chi connectivity index (χ4n) is 4.69. The zero-order valence-electron chi connectivity index (χ0n) is 17.6. The van der Waals surface area contributed by atoms with Crippen LogP contribution >= 0.6 is 0 Å². The zero-order valence-corrected chi connectivity index (χ0v) is 18.6. The van der Waals surface area contributed by atoms with Gasteiger partial charge in [-0.1, -0.05) is 78.9 Å². The molecule has 154 valence electrons. The second-order valence-electron chi connectivity index (χ2n) is 8.56. The zero-order chi connectivity index (χ0) is 21.0. The van der Waals surface area contributed by atoms with Gasteiger partial charge in [0.2, 0.25) is 0 Å². The van der Waals surface area contributed by atoms with E-state index in [2.05, 4.69) is 62.4 Å². The van der Waals surface area contributed by atoms with Gasteiger partial charge in [-0.25, -0.2) is 0 Å². The third-order valence-electron chi connectivity index (χ3n) is 5.83. The predicted octanol–water partition coefficient (Wildman–Crippen LogP) is 4.70.